The molecule has 15 heavy (non-hydrogen) atoms. The molecule has 0 aromatic heterocycles. The molecule has 1 unspecified atom stereocenters. The van der Waals surface area contributed by atoms with E-state index in [0.717, 1.165) is 6.42 Å². The molecular formula is C10H21N3O2. The zero-order valence-electron chi connectivity index (χ0n) is 9.51. The Bertz CT molecular complexity index is 203. The van der Waals surface area contributed by atoms with Crippen LogP contribution in [0.1, 0.15) is 26.2 Å². The lowest BCUT2D eigenvalue weighted by Crippen LogP contribution is -2.31. The quantitative estimate of drug-likeness (QED) is 0.541. The summed E-state index contributed by atoms with van der Waals surface area (Å²) in [7, 11) is 1.58. The molecule has 0 rings (SSSR count). The van der Waals surface area contributed by atoms with Crippen molar-refractivity contribution in [1.29, 1.82) is 0 Å². The molecule has 0 aliphatic rings. The van der Waals surface area contributed by atoms with E-state index in [2.05, 4.69) is 10.6 Å². The fourth-order valence-electron chi connectivity index (χ4n) is 1.17. The predicted octanol–water partition coefficient (Wildman–Crippen LogP) is -0.386. The van der Waals surface area contributed by atoms with Gasteiger partial charge in [-0.2, -0.15) is 0 Å². The number of rotatable bonds is 7. The largest absolute Gasteiger partial charge is 0.359 e. The Morgan fingerprint density at radius 1 is 1.33 bits per heavy atom. The monoisotopic (exact) mass is 215 g/mol. The van der Waals surface area contributed by atoms with E-state index in [1.165, 1.54) is 0 Å². The minimum Gasteiger partial charge on any atom is -0.359 e. The molecule has 5 heteroatoms. The Hall–Kier alpha value is -1.10. The minimum atomic E-state index is -0.0684. The van der Waals surface area contributed by atoms with Gasteiger partial charge >= 0.3 is 0 Å². The van der Waals surface area contributed by atoms with Crippen LogP contribution in [0, 0.1) is 5.92 Å². The van der Waals surface area contributed by atoms with E-state index in [0.29, 0.717) is 25.9 Å². The Morgan fingerprint density at radius 2 is 2.00 bits per heavy atom. The van der Waals surface area contributed by atoms with Gasteiger partial charge in [-0.05, 0) is 12.5 Å². The fraction of sp³-hybridized carbons (Fsp3) is 0.800. The maximum atomic E-state index is 11.3. The molecule has 2 amide bonds. The predicted molar refractivity (Wildman–Crippen MR) is 59.1 cm³/mol. The van der Waals surface area contributed by atoms with E-state index >= 15 is 0 Å². The number of carbonyl (C=O) groups excluding carboxylic acids is 2. The van der Waals surface area contributed by atoms with Crippen LogP contribution in [0.3, 0.4) is 0 Å². The highest BCUT2D eigenvalue weighted by molar-refractivity contribution is 5.78. The Kier molecular flexibility index (Phi) is 7.62. The zero-order valence-corrected chi connectivity index (χ0v) is 9.51. The molecule has 0 bridgehead atoms. The van der Waals surface area contributed by atoms with Crippen LogP contribution < -0.4 is 16.4 Å². The first-order valence-corrected chi connectivity index (χ1v) is 5.31. The van der Waals surface area contributed by atoms with Crippen molar-refractivity contribution in [3.8, 4) is 0 Å². The van der Waals surface area contributed by atoms with Gasteiger partial charge in [0.15, 0.2) is 0 Å². The molecule has 0 spiro atoms. The molecule has 1 atom stereocenters. The number of hydrogen-bond acceptors (Lipinski definition) is 3. The van der Waals surface area contributed by atoms with Crippen molar-refractivity contribution in [3.05, 3.63) is 0 Å². The second kappa shape index (κ2) is 8.23. The number of nitrogens with one attached hydrogen (secondary N) is 2. The van der Waals surface area contributed by atoms with Crippen LogP contribution in [0.25, 0.3) is 0 Å². The number of carbonyl (C=O) groups is 2. The van der Waals surface area contributed by atoms with Gasteiger partial charge in [0.25, 0.3) is 0 Å². The Balaban J connectivity index is 3.61. The van der Waals surface area contributed by atoms with Crippen LogP contribution in [-0.4, -0.2) is 32.0 Å². The second-order valence-corrected chi connectivity index (χ2v) is 3.49. The first-order valence-electron chi connectivity index (χ1n) is 5.31. The molecule has 0 fully saturated rings. The maximum Gasteiger partial charge on any atom is 0.221 e. The third-order valence-corrected chi connectivity index (χ3v) is 2.34. The summed E-state index contributed by atoms with van der Waals surface area (Å²) in [6.45, 7) is 2.92. The summed E-state index contributed by atoms with van der Waals surface area (Å²) in [6.07, 6.45) is 1.67. The molecule has 0 aromatic rings. The van der Waals surface area contributed by atoms with E-state index in [4.69, 9.17) is 5.73 Å². The van der Waals surface area contributed by atoms with Gasteiger partial charge in [0.2, 0.25) is 11.8 Å². The smallest absolute Gasteiger partial charge is 0.221 e. The fourth-order valence-corrected chi connectivity index (χ4v) is 1.17. The third kappa shape index (κ3) is 6.90. The molecule has 0 aromatic carbocycles. The standard InChI is InChI=1S/C10H21N3O2/c1-3-8(7-11)6-10(15)13-5-4-9(14)12-2/h8H,3-7,11H2,1-2H3,(H,12,14)(H,13,15). The van der Waals surface area contributed by atoms with Gasteiger partial charge in [-0.15, -0.1) is 0 Å². The van der Waals surface area contributed by atoms with Gasteiger partial charge in [0.1, 0.15) is 0 Å². The number of hydrogen-bond donors (Lipinski definition) is 3. The summed E-state index contributed by atoms with van der Waals surface area (Å²) in [4.78, 5) is 22.2. The zero-order chi connectivity index (χ0) is 11.7. The van der Waals surface area contributed by atoms with Crippen molar-refractivity contribution in [3.63, 3.8) is 0 Å². The van der Waals surface area contributed by atoms with Gasteiger partial charge in [0.05, 0.1) is 0 Å². The minimum absolute atomic E-state index is 0.0313. The highest BCUT2D eigenvalue weighted by atomic mass is 16.2. The van der Waals surface area contributed by atoms with Crippen molar-refractivity contribution in [2.24, 2.45) is 11.7 Å². The van der Waals surface area contributed by atoms with Gasteiger partial charge in [-0.1, -0.05) is 13.3 Å². The average molecular weight is 215 g/mol. The lowest BCUT2D eigenvalue weighted by atomic mass is 10.0. The third-order valence-electron chi connectivity index (χ3n) is 2.34. The van der Waals surface area contributed by atoms with Crippen LogP contribution in [0.4, 0.5) is 0 Å². The summed E-state index contributed by atoms with van der Waals surface area (Å²) in [5.41, 5.74) is 5.49. The second-order valence-electron chi connectivity index (χ2n) is 3.49. The summed E-state index contributed by atoms with van der Waals surface area (Å²) in [5, 5.41) is 5.18. The molecular weight excluding hydrogens is 194 g/mol. The Morgan fingerprint density at radius 3 is 2.47 bits per heavy atom. The van der Waals surface area contributed by atoms with Crippen LogP contribution >= 0.6 is 0 Å². The molecule has 0 saturated heterocycles. The molecule has 5 nitrogen and oxygen atoms in total. The molecule has 88 valence electrons. The van der Waals surface area contributed by atoms with Crippen LogP contribution in [-0.2, 0) is 9.59 Å². The van der Waals surface area contributed by atoms with Crippen molar-refractivity contribution in [2.45, 2.75) is 26.2 Å². The molecule has 0 saturated carbocycles. The summed E-state index contributed by atoms with van der Waals surface area (Å²) < 4.78 is 0. The average Bonchev–Trinajstić information content (AvgIpc) is 2.25. The van der Waals surface area contributed by atoms with E-state index < -0.39 is 0 Å². The van der Waals surface area contributed by atoms with Crippen LogP contribution in [0.2, 0.25) is 0 Å². The number of nitrogens with two attached hydrogens (primary N) is 1. The maximum absolute atomic E-state index is 11.3. The molecule has 0 heterocycles. The van der Waals surface area contributed by atoms with Crippen molar-refractivity contribution < 1.29 is 9.59 Å². The summed E-state index contributed by atoms with van der Waals surface area (Å²) in [5.74, 6) is 0.141. The molecule has 0 aliphatic heterocycles. The van der Waals surface area contributed by atoms with Crippen LogP contribution in [0.15, 0.2) is 0 Å². The highest BCUT2D eigenvalue weighted by Crippen LogP contribution is 2.04. The van der Waals surface area contributed by atoms with E-state index in [1.807, 2.05) is 6.92 Å². The first kappa shape index (κ1) is 13.9. The van der Waals surface area contributed by atoms with E-state index in [9.17, 15) is 9.59 Å². The topological polar surface area (TPSA) is 84.2 Å². The van der Waals surface area contributed by atoms with Crippen molar-refractivity contribution >= 4 is 11.8 Å². The normalized spacial score (nSPS) is 11.9. The van der Waals surface area contributed by atoms with E-state index in [-0.39, 0.29) is 17.7 Å². The van der Waals surface area contributed by atoms with Crippen molar-refractivity contribution in [1.82, 2.24) is 10.6 Å². The summed E-state index contributed by atoms with van der Waals surface area (Å²) in [6, 6.07) is 0. The van der Waals surface area contributed by atoms with Gasteiger partial charge < -0.3 is 16.4 Å². The van der Waals surface area contributed by atoms with Gasteiger partial charge in [-0.25, -0.2) is 0 Å². The van der Waals surface area contributed by atoms with Gasteiger partial charge in [0, 0.05) is 26.4 Å². The first-order chi connectivity index (χ1) is 7.13. The SMILES string of the molecule is CCC(CN)CC(=O)NCCC(=O)NC. The lowest BCUT2D eigenvalue weighted by molar-refractivity contribution is -0.122. The van der Waals surface area contributed by atoms with E-state index in [1.54, 1.807) is 7.05 Å². The van der Waals surface area contributed by atoms with Gasteiger partial charge in [-0.3, -0.25) is 9.59 Å². The molecule has 0 radical (unpaired) electrons. The van der Waals surface area contributed by atoms with Crippen LogP contribution in [0.5, 0.6) is 0 Å². The Labute approximate surface area is 90.8 Å². The molecule has 0 aliphatic carbocycles. The summed E-state index contributed by atoms with van der Waals surface area (Å²) >= 11 is 0. The highest BCUT2D eigenvalue weighted by Gasteiger charge is 2.10. The van der Waals surface area contributed by atoms with Crippen molar-refractivity contribution in [2.75, 3.05) is 20.1 Å². The molecule has 4 N–H and O–H groups in total. The lowest BCUT2D eigenvalue weighted by Gasteiger charge is -2.11. The number of amides is 2.